The molecule has 0 rings (SSSR count). The van der Waals surface area contributed by atoms with E-state index in [0.29, 0.717) is 6.61 Å². The maximum absolute atomic E-state index is 11.0. The predicted molar refractivity (Wildman–Crippen MR) is 53.4 cm³/mol. The first-order valence-corrected chi connectivity index (χ1v) is 4.12. The highest BCUT2D eigenvalue weighted by atomic mass is 16.5. The molecule has 4 nitrogen and oxygen atoms in total. The van der Waals surface area contributed by atoms with E-state index >= 15 is 0 Å². The molecule has 0 spiro atoms. The van der Waals surface area contributed by atoms with E-state index in [1.807, 2.05) is 0 Å². The molecule has 81 valence electrons. The molecule has 0 fully saturated rings. The third-order valence-electron chi connectivity index (χ3n) is 1.23. The molecule has 1 radical (unpaired) electrons. The lowest BCUT2D eigenvalue weighted by atomic mass is 10.2. The van der Waals surface area contributed by atoms with Gasteiger partial charge >= 0.3 is 11.9 Å². The standard InChI is InChI=1S/C9H14O4.CH3/c1-4-12-8(10)6-7(3)9(11)13-5-2;/h3-6H2,1-2H3;1H3. The molecule has 0 bridgehead atoms. The molecule has 0 aliphatic rings. The van der Waals surface area contributed by atoms with Gasteiger partial charge < -0.3 is 9.47 Å². The van der Waals surface area contributed by atoms with Gasteiger partial charge in [-0.25, -0.2) is 4.79 Å². The van der Waals surface area contributed by atoms with Gasteiger partial charge in [0, 0.05) is 5.57 Å². The Morgan fingerprint density at radius 2 is 1.64 bits per heavy atom. The van der Waals surface area contributed by atoms with Crippen molar-refractivity contribution in [2.75, 3.05) is 13.2 Å². The first kappa shape index (κ1) is 15.2. The van der Waals surface area contributed by atoms with Gasteiger partial charge in [0.1, 0.15) is 0 Å². The van der Waals surface area contributed by atoms with Crippen molar-refractivity contribution in [3.63, 3.8) is 0 Å². The van der Waals surface area contributed by atoms with E-state index in [1.54, 1.807) is 13.8 Å². The molecule has 14 heavy (non-hydrogen) atoms. The second-order valence-electron chi connectivity index (χ2n) is 2.31. The van der Waals surface area contributed by atoms with Crippen molar-refractivity contribution in [2.45, 2.75) is 20.3 Å². The SMILES string of the molecule is C=C(CC(=O)OCC)C(=O)OCC.[CH3]. The van der Waals surface area contributed by atoms with Crippen molar-refractivity contribution < 1.29 is 19.1 Å². The quantitative estimate of drug-likeness (QED) is 0.499. The van der Waals surface area contributed by atoms with Crippen molar-refractivity contribution in [3.05, 3.63) is 19.6 Å². The molecule has 0 saturated heterocycles. The van der Waals surface area contributed by atoms with Crippen LogP contribution in [0.1, 0.15) is 20.3 Å². The largest absolute Gasteiger partial charge is 0.466 e. The van der Waals surface area contributed by atoms with Gasteiger partial charge in [-0.3, -0.25) is 4.79 Å². The van der Waals surface area contributed by atoms with Crippen molar-refractivity contribution in [1.82, 2.24) is 0 Å². The molecule has 0 amide bonds. The lowest BCUT2D eigenvalue weighted by molar-refractivity contribution is -0.145. The van der Waals surface area contributed by atoms with Crippen LogP contribution in [0.4, 0.5) is 0 Å². The third-order valence-corrected chi connectivity index (χ3v) is 1.23. The summed E-state index contributed by atoms with van der Waals surface area (Å²) in [4.78, 5) is 21.8. The zero-order valence-corrected chi connectivity index (χ0v) is 8.96. The summed E-state index contributed by atoms with van der Waals surface area (Å²) in [6.45, 7) is 7.39. The third kappa shape index (κ3) is 6.22. The number of hydrogen-bond donors (Lipinski definition) is 0. The summed E-state index contributed by atoms with van der Waals surface area (Å²) in [6.07, 6.45) is -0.104. The minimum absolute atomic E-state index is 0. The van der Waals surface area contributed by atoms with Gasteiger partial charge in [0.05, 0.1) is 19.6 Å². The number of carbonyl (C=O) groups is 2. The van der Waals surface area contributed by atoms with Gasteiger partial charge in [-0.1, -0.05) is 14.0 Å². The summed E-state index contributed by atoms with van der Waals surface area (Å²) in [6, 6.07) is 0. The second-order valence-corrected chi connectivity index (χ2v) is 2.31. The van der Waals surface area contributed by atoms with Crippen molar-refractivity contribution >= 4 is 11.9 Å². The van der Waals surface area contributed by atoms with E-state index in [1.165, 1.54) is 0 Å². The minimum atomic E-state index is -0.546. The normalized spacial score (nSPS) is 8.43. The van der Waals surface area contributed by atoms with Crippen LogP contribution in [0.2, 0.25) is 0 Å². The Bertz CT molecular complexity index is 208. The number of carbonyl (C=O) groups excluding carboxylic acids is 2. The van der Waals surface area contributed by atoms with Crippen LogP contribution in [0.3, 0.4) is 0 Å². The summed E-state index contributed by atoms with van der Waals surface area (Å²) >= 11 is 0. The lowest BCUT2D eigenvalue weighted by Gasteiger charge is -2.04. The summed E-state index contributed by atoms with van der Waals surface area (Å²) in [5.41, 5.74) is 0.125. The first-order valence-electron chi connectivity index (χ1n) is 4.12. The average molecular weight is 201 g/mol. The maximum atomic E-state index is 11.0. The van der Waals surface area contributed by atoms with Crippen LogP contribution < -0.4 is 0 Å². The topological polar surface area (TPSA) is 52.6 Å². The molecule has 0 unspecified atom stereocenters. The molecule has 0 aromatic carbocycles. The Balaban J connectivity index is 0. The zero-order chi connectivity index (χ0) is 10.3. The molecule has 0 aromatic rings. The van der Waals surface area contributed by atoms with Crippen LogP contribution in [-0.4, -0.2) is 25.2 Å². The number of ether oxygens (including phenoxy) is 2. The van der Waals surface area contributed by atoms with Crippen molar-refractivity contribution in [1.29, 1.82) is 0 Å². The summed E-state index contributed by atoms with van der Waals surface area (Å²) in [5, 5.41) is 0. The molecular formula is C10H17O4. The Morgan fingerprint density at radius 3 is 2.07 bits per heavy atom. The van der Waals surface area contributed by atoms with Crippen LogP contribution in [0.25, 0.3) is 0 Å². The fraction of sp³-hybridized carbons (Fsp3) is 0.500. The van der Waals surface area contributed by atoms with E-state index in [9.17, 15) is 9.59 Å². The Labute approximate surface area is 84.9 Å². The Kier molecular flexibility index (Phi) is 8.98. The smallest absolute Gasteiger partial charge is 0.333 e. The van der Waals surface area contributed by atoms with Gasteiger partial charge in [0.15, 0.2) is 0 Å². The highest BCUT2D eigenvalue weighted by Gasteiger charge is 2.12. The predicted octanol–water partition coefficient (Wildman–Crippen LogP) is 1.51. The average Bonchev–Trinajstić information content (AvgIpc) is 2.05. The maximum Gasteiger partial charge on any atom is 0.333 e. The van der Waals surface area contributed by atoms with E-state index in [0.717, 1.165) is 0 Å². The highest BCUT2D eigenvalue weighted by Crippen LogP contribution is 2.02. The molecular weight excluding hydrogens is 184 g/mol. The molecule has 0 saturated carbocycles. The van der Waals surface area contributed by atoms with Gasteiger partial charge in [-0.15, -0.1) is 0 Å². The van der Waals surface area contributed by atoms with E-state index < -0.39 is 11.9 Å². The second kappa shape index (κ2) is 8.29. The highest BCUT2D eigenvalue weighted by molar-refractivity contribution is 5.93. The molecule has 0 atom stereocenters. The van der Waals surface area contributed by atoms with Crippen LogP contribution in [0, 0.1) is 7.43 Å². The number of rotatable bonds is 5. The van der Waals surface area contributed by atoms with E-state index in [2.05, 4.69) is 16.1 Å². The summed E-state index contributed by atoms with van der Waals surface area (Å²) in [7, 11) is 0. The van der Waals surface area contributed by atoms with Gasteiger partial charge in [0.25, 0.3) is 0 Å². The number of esters is 2. The van der Waals surface area contributed by atoms with Crippen molar-refractivity contribution in [2.24, 2.45) is 0 Å². The van der Waals surface area contributed by atoms with Crippen LogP contribution >= 0.6 is 0 Å². The Hall–Kier alpha value is -1.32. The van der Waals surface area contributed by atoms with Crippen LogP contribution in [-0.2, 0) is 19.1 Å². The molecule has 0 aromatic heterocycles. The fourth-order valence-electron chi connectivity index (χ4n) is 0.692. The molecule has 0 heterocycles. The van der Waals surface area contributed by atoms with E-state index in [-0.39, 0.29) is 26.0 Å². The minimum Gasteiger partial charge on any atom is -0.466 e. The molecule has 0 aliphatic carbocycles. The van der Waals surface area contributed by atoms with Crippen molar-refractivity contribution in [3.8, 4) is 0 Å². The first-order chi connectivity index (χ1) is 6.11. The van der Waals surface area contributed by atoms with Crippen LogP contribution in [0.15, 0.2) is 12.2 Å². The lowest BCUT2D eigenvalue weighted by Crippen LogP contribution is -2.12. The van der Waals surface area contributed by atoms with Gasteiger partial charge in [0.2, 0.25) is 0 Å². The Morgan fingerprint density at radius 1 is 1.14 bits per heavy atom. The number of hydrogen-bond acceptors (Lipinski definition) is 4. The molecule has 0 aliphatic heterocycles. The molecule has 4 heteroatoms. The monoisotopic (exact) mass is 201 g/mol. The fourth-order valence-corrected chi connectivity index (χ4v) is 0.692. The van der Waals surface area contributed by atoms with Crippen LogP contribution in [0.5, 0.6) is 0 Å². The zero-order valence-electron chi connectivity index (χ0n) is 8.96. The summed E-state index contributed by atoms with van der Waals surface area (Å²) in [5.74, 6) is -1.00. The van der Waals surface area contributed by atoms with Gasteiger partial charge in [-0.05, 0) is 13.8 Å². The molecule has 0 N–H and O–H groups in total. The summed E-state index contributed by atoms with van der Waals surface area (Å²) < 4.78 is 9.27. The van der Waals surface area contributed by atoms with E-state index in [4.69, 9.17) is 0 Å². The van der Waals surface area contributed by atoms with Gasteiger partial charge in [-0.2, -0.15) is 0 Å².